The van der Waals surface area contributed by atoms with Crippen molar-refractivity contribution in [2.45, 2.75) is 37.1 Å². The van der Waals surface area contributed by atoms with Crippen LogP contribution in [0, 0.1) is 0 Å². The Morgan fingerprint density at radius 1 is 1.24 bits per heavy atom. The SMILES string of the molecule is CCCCNC(=O)CC(NS(=O)(=O)c1ccc(Br)cc1)c1cccs1. The summed E-state index contributed by atoms with van der Waals surface area (Å²) in [4.78, 5) is 13.1. The minimum absolute atomic E-state index is 0.0694. The van der Waals surface area contributed by atoms with Crippen molar-refractivity contribution < 1.29 is 13.2 Å². The predicted octanol–water partition coefficient (Wildman–Crippen LogP) is 3.84. The Balaban J connectivity index is 2.13. The Bertz CT molecular complexity index is 775. The zero-order valence-electron chi connectivity index (χ0n) is 13.9. The Morgan fingerprint density at radius 2 is 1.96 bits per heavy atom. The van der Waals surface area contributed by atoms with Crippen LogP contribution in [0.25, 0.3) is 0 Å². The molecule has 0 aliphatic heterocycles. The van der Waals surface area contributed by atoms with E-state index in [9.17, 15) is 13.2 Å². The maximum atomic E-state index is 12.6. The smallest absolute Gasteiger partial charge is 0.241 e. The molecule has 0 saturated heterocycles. The molecule has 1 aromatic carbocycles. The molecule has 5 nitrogen and oxygen atoms in total. The molecular formula is C17H21BrN2O3S2. The normalized spacial score (nSPS) is 12.7. The molecule has 2 rings (SSSR count). The summed E-state index contributed by atoms with van der Waals surface area (Å²) in [7, 11) is -3.72. The van der Waals surface area contributed by atoms with Crippen LogP contribution in [-0.4, -0.2) is 20.9 Å². The standard InChI is InChI=1S/C17H21BrN2O3S2/c1-2-3-10-19-17(21)12-15(16-5-4-11-24-16)20-25(22,23)14-8-6-13(18)7-9-14/h4-9,11,15,20H,2-3,10,12H2,1H3,(H,19,21). The third-order valence-corrected chi connectivity index (χ3v) is 6.55. The van der Waals surface area contributed by atoms with E-state index in [0.29, 0.717) is 6.54 Å². The van der Waals surface area contributed by atoms with Crippen LogP contribution in [0.3, 0.4) is 0 Å². The second kappa shape index (κ2) is 9.47. The number of benzene rings is 1. The first-order chi connectivity index (χ1) is 11.9. The first kappa shape index (κ1) is 20.1. The summed E-state index contributed by atoms with van der Waals surface area (Å²) in [6, 6.07) is 9.49. The van der Waals surface area contributed by atoms with Crippen molar-refractivity contribution in [3.05, 3.63) is 51.1 Å². The van der Waals surface area contributed by atoms with E-state index in [4.69, 9.17) is 0 Å². The van der Waals surface area contributed by atoms with Gasteiger partial charge in [-0.2, -0.15) is 0 Å². The van der Waals surface area contributed by atoms with Gasteiger partial charge >= 0.3 is 0 Å². The summed E-state index contributed by atoms with van der Waals surface area (Å²) in [5, 5.41) is 4.70. The molecule has 136 valence electrons. The Labute approximate surface area is 161 Å². The van der Waals surface area contributed by atoms with Gasteiger partial charge in [-0.1, -0.05) is 35.3 Å². The van der Waals surface area contributed by atoms with Gasteiger partial charge in [0.25, 0.3) is 0 Å². The molecule has 0 spiro atoms. The van der Waals surface area contributed by atoms with Gasteiger partial charge in [-0.3, -0.25) is 4.79 Å². The lowest BCUT2D eigenvalue weighted by molar-refractivity contribution is -0.121. The summed E-state index contributed by atoms with van der Waals surface area (Å²) < 4.78 is 28.7. The van der Waals surface area contributed by atoms with Crippen LogP contribution in [-0.2, 0) is 14.8 Å². The summed E-state index contributed by atoms with van der Waals surface area (Å²) in [5.74, 6) is -0.162. The lowest BCUT2D eigenvalue weighted by Crippen LogP contribution is -2.33. The third kappa shape index (κ3) is 6.22. The van der Waals surface area contributed by atoms with Gasteiger partial charge in [0, 0.05) is 22.3 Å². The first-order valence-corrected chi connectivity index (χ1v) is 11.2. The van der Waals surface area contributed by atoms with Gasteiger partial charge in [-0.15, -0.1) is 11.3 Å². The third-order valence-electron chi connectivity index (χ3n) is 3.55. The monoisotopic (exact) mass is 444 g/mol. The number of carbonyl (C=O) groups is 1. The summed E-state index contributed by atoms with van der Waals surface area (Å²) in [5.41, 5.74) is 0. The molecule has 1 heterocycles. The average Bonchev–Trinajstić information content (AvgIpc) is 3.09. The number of hydrogen-bond acceptors (Lipinski definition) is 4. The molecule has 0 fully saturated rings. The quantitative estimate of drug-likeness (QED) is 0.576. The zero-order valence-corrected chi connectivity index (χ0v) is 17.1. The summed E-state index contributed by atoms with van der Waals surface area (Å²) in [6.07, 6.45) is 1.96. The van der Waals surface area contributed by atoms with Crippen LogP contribution in [0.15, 0.2) is 51.1 Å². The van der Waals surface area contributed by atoms with E-state index >= 15 is 0 Å². The van der Waals surface area contributed by atoms with Crippen LogP contribution in [0.2, 0.25) is 0 Å². The van der Waals surface area contributed by atoms with E-state index in [1.807, 2.05) is 24.4 Å². The Hall–Kier alpha value is -1.22. The van der Waals surface area contributed by atoms with Crippen molar-refractivity contribution >= 4 is 43.2 Å². The number of amides is 1. The van der Waals surface area contributed by atoms with Gasteiger partial charge < -0.3 is 5.32 Å². The fourth-order valence-corrected chi connectivity index (χ4v) is 4.55. The maximum absolute atomic E-state index is 12.6. The number of sulfonamides is 1. The number of rotatable bonds is 9. The molecule has 1 unspecified atom stereocenters. The number of hydrogen-bond donors (Lipinski definition) is 2. The molecule has 2 aromatic rings. The molecule has 0 aliphatic carbocycles. The summed E-state index contributed by atoms with van der Waals surface area (Å²) >= 11 is 4.72. The highest BCUT2D eigenvalue weighted by atomic mass is 79.9. The molecule has 1 aromatic heterocycles. The Kier molecular flexibility index (Phi) is 7.61. The molecule has 0 saturated carbocycles. The van der Waals surface area contributed by atoms with Crippen LogP contribution in [0.5, 0.6) is 0 Å². The second-order valence-electron chi connectivity index (χ2n) is 5.55. The van der Waals surface area contributed by atoms with Crippen LogP contribution in [0.4, 0.5) is 0 Å². The molecule has 2 N–H and O–H groups in total. The number of unbranched alkanes of at least 4 members (excludes halogenated alkanes) is 1. The van der Waals surface area contributed by atoms with Gasteiger partial charge in [0.1, 0.15) is 0 Å². The van der Waals surface area contributed by atoms with Crippen molar-refractivity contribution in [2.75, 3.05) is 6.54 Å². The highest BCUT2D eigenvalue weighted by Gasteiger charge is 2.24. The van der Waals surface area contributed by atoms with Gasteiger partial charge in [0.2, 0.25) is 15.9 Å². The van der Waals surface area contributed by atoms with Crippen molar-refractivity contribution in [1.82, 2.24) is 10.0 Å². The van der Waals surface area contributed by atoms with Crippen LogP contribution >= 0.6 is 27.3 Å². The highest BCUT2D eigenvalue weighted by molar-refractivity contribution is 9.10. The average molecular weight is 445 g/mol. The fourth-order valence-electron chi connectivity index (χ4n) is 2.22. The molecule has 8 heteroatoms. The van der Waals surface area contributed by atoms with E-state index in [1.165, 1.54) is 23.5 Å². The lowest BCUT2D eigenvalue weighted by atomic mass is 10.2. The van der Waals surface area contributed by atoms with Gasteiger partial charge in [0.15, 0.2) is 0 Å². The minimum atomic E-state index is -3.72. The van der Waals surface area contributed by atoms with Gasteiger partial charge in [-0.05, 0) is 42.1 Å². The number of nitrogens with one attached hydrogen (secondary N) is 2. The molecule has 0 radical (unpaired) electrons. The van der Waals surface area contributed by atoms with E-state index in [-0.39, 0.29) is 17.2 Å². The van der Waals surface area contributed by atoms with Gasteiger partial charge in [0.05, 0.1) is 10.9 Å². The van der Waals surface area contributed by atoms with Crippen molar-refractivity contribution in [2.24, 2.45) is 0 Å². The molecule has 25 heavy (non-hydrogen) atoms. The highest BCUT2D eigenvalue weighted by Crippen LogP contribution is 2.25. The molecule has 1 amide bonds. The van der Waals surface area contributed by atoms with E-state index in [0.717, 1.165) is 22.2 Å². The topological polar surface area (TPSA) is 75.3 Å². The van der Waals surface area contributed by atoms with Crippen molar-refractivity contribution in [3.8, 4) is 0 Å². The van der Waals surface area contributed by atoms with E-state index in [2.05, 4.69) is 26.0 Å². The van der Waals surface area contributed by atoms with E-state index in [1.54, 1.807) is 12.1 Å². The first-order valence-electron chi connectivity index (χ1n) is 8.00. The lowest BCUT2D eigenvalue weighted by Gasteiger charge is -2.17. The number of thiophene rings is 1. The summed E-state index contributed by atoms with van der Waals surface area (Å²) in [6.45, 7) is 2.65. The number of carbonyl (C=O) groups excluding carboxylic acids is 1. The van der Waals surface area contributed by atoms with Gasteiger partial charge in [-0.25, -0.2) is 13.1 Å². The largest absolute Gasteiger partial charge is 0.356 e. The molecule has 0 bridgehead atoms. The van der Waals surface area contributed by atoms with Crippen LogP contribution in [0.1, 0.15) is 37.1 Å². The Morgan fingerprint density at radius 3 is 2.56 bits per heavy atom. The molecule has 1 atom stereocenters. The van der Waals surface area contributed by atoms with Crippen molar-refractivity contribution in [1.29, 1.82) is 0 Å². The predicted molar refractivity (Wildman–Crippen MR) is 104 cm³/mol. The van der Waals surface area contributed by atoms with Crippen molar-refractivity contribution in [3.63, 3.8) is 0 Å². The maximum Gasteiger partial charge on any atom is 0.241 e. The molecular weight excluding hydrogens is 424 g/mol. The molecule has 0 aliphatic rings. The second-order valence-corrected chi connectivity index (χ2v) is 9.16. The van der Waals surface area contributed by atoms with Crippen LogP contribution < -0.4 is 10.0 Å². The zero-order chi connectivity index (χ0) is 18.3. The minimum Gasteiger partial charge on any atom is -0.356 e. The number of halogens is 1. The fraction of sp³-hybridized carbons (Fsp3) is 0.353. The van der Waals surface area contributed by atoms with E-state index < -0.39 is 16.1 Å².